The van der Waals surface area contributed by atoms with Crippen molar-refractivity contribution in [2.24, 2.45) is 0 Å². The standard InChI is InChI=1S/C27H27N3O4S/c1-32-21-11-8-18(9-12-21)16-30(27(35)29-23-6-4-5-7-25(23)34-3)17-20-14-19-10-13-22(33-2)15-24(19)28-26(20)31/h4-15H,16-17H2,1-3H3,(H,28,31)(H,29,35). The van der Waals surface area contributed by atoms with E-state index in [4.69, 9.17) is 26.4 Å². The van der Waals surface area contributed by atoms with E-state index in [0.717, 1.165) is 27.9 Å². The molecule has 3 aromatic carbocycles. The summed E-state index contributed by atoms with van der Waals surface area (Å²) < 4.78 is 16.0. The van der Waals surface area contributed by atoms with Gasteiger partial charge in [-0.05, 0) is 65.6 Å². The number of aromatic nitrogens is 1. The van der Waals surface area contributed by atoms with Gasteiger partial charge in [0.25, 0.3) is 5.56 Å². The van der Waals surface area contributed by atoms with Crippen LogP contribution >= 0.6 is 12.2 Å². The third-order valence-electron chi connectivity index (χ3n) is 5.66. The van der Waals surface area contributed by atoms with Gasteiger partial charge in [0.05, 0.1) is 39.1 Å². The Morgan fingerprint density at radius 2 is 1.60 bits per heavy atom. The lowest BCUT2D eigenvalue weighted by atomic mass is 10.1. The largest absolute Gasteiger partial charge is 0.497 e. The minimum atomic E-state index is -0.175. The molecule has 0 bridgehead atoms. The highest BCUT2D eigenvalue weighted by Crippen LogP contribution is 2.25. The monoisotopic (exact) mass is 489 g/mol. The van der Waals surface area contributed by atoms with Crippen LogP contribution in [0.25, 0.3) is 10.9 Å². The zero-order chi connectivity index (χ0) is 24.8. The second-order valence-corrected chi connectivity index (χ2v) is 8.30. The quantitative estimate of drug-likeness (QED) is 0.339. The molecule has 1 heterocycles. The number of ether oxygens (including phenoxy) is 3. The number of H-pyrrole nitrogens is 1. The summed E-state index contributed by atoms with van der Waals surface area (Å²) in [6, 6.07) is 22.8. The number of anilines is 1. The van der Waals surface area contributed by atoms with Crippen molar-refractivity contribution in [1.82, 2.24) is 9.88 Å². The highest BCUT2D eigenvalue weighted by Gasteiger charge is 2.16. The lowest BCUT2D eigenvalue weighted by molar-refractivity contribution is 0.404. The Kier molecular flexibility index (Phi) is 7.52. The topological polar surface area (TPSA) is 75.8 Å². The van der Waals surface area contributed by atoms with Gasteiger partial charge in [-0.2, -0.15) is 0 Å². The van der Waals surface area contributed by atoms with Crippen molar-refractivity contribution in [3.8, 4) is 17.2 Å². The van der Waals surface area contributed by atoms with Crippen molar-refractivity contribution in [2.45, 2.75) is 13.1 Å². The third-order valence-corrected chi connectivity index (χ3v) is 6.02. The average Bonchev–Trinajstić information content (AvgIpc) is 2.89. The van der Waals surface area contributed by atoms with E-state index in [1.165, 1.54) is 0 Å². The molecule has 0 aliphatic heterocycles. The maximum atomic E-state index is 13.0. The third kappa shape index (κ3) is 5.73. The molecule has 0 saturated heterocycles. The molecule has 0 amide bonds. The summed E-state index contributed by atoms with van der Waals surface area (Å²) in [6.07, 6.45) is 0. The fraction of sp³-hybridized carbons (Fsp3) is 0.185. The molecular weight excluding hydrogens is 462 g/mol. The Hall–Kier alpha value is -4.04. The molecule has 2 N–H and O–H groups in total. The van der Waals surface area contributed by atoms with Crippen molar-refractivity contribution in [3.63, 3.8) is 0 Å². The number of thiocarbonyl (C=S) groups is 1. The minimum absolute atomic E-state index is 0.175. The molecule has 0 aliphatic carbocycles. The Balaban J connectivity index is 1.65. The van der Waals surface area contributed by atoms with Crippen molar-refractivity contribution in [1.29, 1.82) is 0 Å². The predicted octanol–water partition coefficient (Wildman–Crippen LogP) is 4.95. The summed E-state index contributed by atoms with van der Waals surface area (Å²) in [4.78, 5) is 17.9. The summed E-state index contributed by atoms with van der Waals surface area (Å²) in [6.45, 7) is 0.801. The fourth-order valence-corrected chi connectivity index (χ4v) is 4.01. The smallest absolute Gasteiger partial charge is 0.253 e. The van der Waals surface area contributed by atoms with Gasteiger partial charge < -0.3 is 29.4 Å². The number of benzene rings is 3. The van der Waals surface area contributed by atoms with Crippen molar-refractivity contribution in [2.75, 3.05) is 26.6 Å². The van der Waals surface area contributed by atoms with E-state index < -0.39 is 0 Å². The number of nitrogens with zero attached hydrogens (tertiary/aromatic N) is 1. The van der Waals surface area contributed by atoms with Crippen LogP contribution in [0.3, 0.4) is 0 Å². The van der Waals surface area contributed by atoms with Gasteiger partial charge in [-0.3, -0.25) is 4.79 Å². The van der Waals surface area contributed by atoms with Crippen LogP contribution in [0.1, 0.15) is 11.1 Å². The van der Waals surface area contributed by atoms with Crippen molar-refractivity contribution in [3.05, 3.63) is 94.3 Å². The first kappa shape index (κ1) is 24.1. The molecule has 0 unspecified atom stereocenters. The number of para-hydroxylation sites is 2. The minimum Gasteiger partial charge on any atom is -0.497 e. The van der Waals surface area contributed by atoms with Gasteiger partial charge in [0.1, 0.15) is 17.2 Å². The zero-order valence-electron chi connectivity index (χ0n) is 19.8. The van der Waals surface area contributed by atoms with Gasteiger partial charge in [-0.15, -0.1) is 0 Å². The summed E-state index contributed by atoms with van der Waals surface area (Å²) in [5, 5.41) is 4.66. The van der Waals surface area contributed by atoms with E-state index in [1.54, 1.807) is 21.3 Å². The number of pyridine rings is 1. The first-order valence-electron chi connectivity index (χ1n) is 11.0. The molecular formula is C27H27N3O4S. The Labute approximate surface area is 209 Å². The fourth-order valence-electron chi connectivity index (χ4n) is 3.77. The molecule has 0 radical (unpaired) electrons. The first-order chi connectivity index (χ1) is 17.0. The van der Waals surface area contributed by atoms with Gasteiger partial charge in [-0.1, -0.05) is 24.3 Å². The van der Waals surface area contributed by atoms with E-state index in [2.05, 4.69) is 10.3 Å². The van der Waals surface area contributed by atoms with E-state index in [0.29, 0.717) is 35.3 Å². The Morgan fingerprint density at radius 3 is 2.31 bits per heavy atom. The molecule has 0 aliphatic rings. The maximum Gasteiger partial charge on any atom is 0.253 e. The normalized spacial score (nSPS) is 10.6. The van der Waals surface area contributed by atoms with Crippen LogP contribution < -0.4 is 25.1 Å². The summed E-state index contributed by atoms with van der Waals surface area (Å²) in [5.41, 5.74) is 2.91. The van der Waals surface area contributed by atoms with Crippen LogP contribution in [-0.2, 0) is 13.1 Å². The van der Waals surface area contributed by atoms with Crippen LogP contribution in [0.15, 0.2) is 77.6 Å². The number of nitrogens with one attached hydrogen (secondary N) is 2. The number of fused-ring (bicyclic) bond motifs is 1. The molecule has 180 valence electrons. The Morgan fingerprint density at radius 1 is 0.886 bits per heavy atom. The summed E-state index contributed by atoms with van der Waals surface area (Å²) >= 11 is 5.79. The first-order valence-corrected chi connectivity index (χ1v) is 11.4. The predicted molar refractivity (Wildman–Crippen MR) is 143 cm³/mol. The van der Waals surface area contributed by atoms with Crippen LogP contribution in [0.4, 0.5) is 5.69 Å². The number of methoxy groups -OCH3 is 3. The van der Waals surface area contributed by atoms with Crippen LogP contribution in [0.2, 0.25) is 0 Å². The number of aromatic amines is 1. The van der Waals surface area contributed by atoms with Gasteiger partial charge in [0.15, 0.2) is 5.11 Å². The molecule has 35 heavy (non-hydrogen) atoms. The molecule has 0 spiro atoms. The lowest BCUT2D eigenvalue weighted by Gasteiger charge is -2.26. The highest BCUT2D eigenvalue weighted by atomic mass is 32.1. The highest BCUT2D eigenvalue weighted by molar-refractivity contribution is 7.80. The van der Waals surface area contributed by atoms with Crippen LogP contribution in [0.5, 0.6) is 17.2 Å². The molecule has 4 rings (SSSR count). The number of hydrogen-bond donors (Lipinski definition) is 2. The van der Waals surface area contributed by atoms with E-state index in [-0.39, 0.29) is 5.56 Å². The summed E-state index contributed by atoms with van der Waals surface area (Å²) in [7, 11) is 4.85. The molecule has 0 fully saturated rings. The zero-order valence-corrected chi connectivity index (χ0v) is 20.6. The molecule has 4 aromatic rings. The number of rotatable bonds is 8. The molecule has 7 nitrogen and oxygen atoms in total. The van der Waals surface area contributed by atoms with Gasteiger partial charge in [0.2, 0.25) is 0 Å². The summed E-state index contributed by atoms with van der Waals surface area (Å²) in [5.74, 6) is 2.14. The number of hydrogen-bond acceptors (Lipinski definition) is 5. The molecule has 0 saturated carbocycles. The molecule has 0 atom stereocenters. The van der Waals surface area contributed by atoms with Gasteiger partial charge >= 0.3 is 0 Å². The van der Waals surface area contributed by atoms with E-state index in [9.17, 15) is 4.79 Å². The van der Waals surface area contributed by atoms with Gasteiger partial charge in [0, 0.05) is 18.2 Å². The van der Waals surface area contributed by atoms with E-state index >= 15 is 0 Å². The average molecular weight is 490 g/mol. The van der Waals surface area contributed by atoms with Crippen molar-refractivity contribution >= 4 is 33.9 Å². The second-order valence-electron chi connectivity index (χ2n) is 7.91. The van der Waals surface area contributed by atoms with Gasteiger partial charge in [-0.25, -0.2) is 0 Å². The SMILES string of the molecule is COc1ccc(CN(Cc2cc3ccc(OC)cc3[nH]c2=O)C(=S)Nc2ccccc2OC)cc1. The second kappa shape index (κ2) is 10.9. The lowest BCUT2D eigenvalue weighted by Crippen LogP contribution is -2.35. The van der Waals surface area contributed by atoms with Crippen molar-refractivity contribution < 1.29 is 14.2 Å². The maximum absolute atomic E-state index is 13.0. The molecule has 8 heteroatoms. The van der Waals surface area contributed by atoms with Crippen LogP contribution in [0, 0.1) is 0 Å². The van der Waals surface area contributed by atoms with Crippen LogP contribution in [-0.4, -0.2) is 36.3 Å². The van der Waals surface area contributed by atoms with E-state index in [1.807, 2.05) is 77.7 Å². The Bertz CT molecular complexity index is 1390. The molecule has 1 aromatic heterocycles.